The summed E-state index contributed by atoms with van der Waals surface area (Å²) >= 11 is 0. The van der Waals surface area contributed by atoms with Crippen molar-refractivity contribution in [1.82, 2.24) is 9.97 Å². The van der Waals surface area contributed by atoms with Crippen molar-refractivity contribution < 1.29 is 0 Å². The number of pyridine rings is 2. The lowest BCUT2D eigenvalue weighted by Crippen LogP contribution is -2.11. The maximum absolute atomic E-state index is 7.69. The van der Waals surface area contributed by atoms with Crippen molar-refractivity contribution in [3.8, 4) is 11.1 Å². The Bertz CT molecular complexity index is 947. The maximum Gasteiger partial charge on any atom is 0.130 e. The summed E-state index contributed by atoms with van der Waals surface area (Å²) in [5.41, 5.74) is 11.2. The molecule has 1 aliphatic rings. The Morgan fingerprint density at radius 3 is 2.69 bits per heavy atom. The summed E-state index contributed by atoms with van der Waals surface area (Å²) in [5.74, 6) is 1.39. The fourth-order valence-corrected chi connectivity index (χ4v) is 3.18. The lowest BCUT2D eigenvalue weighted by molar-refractivity contribution is 0.411. The van der Waals surface area contributed by atoms with E-state index in [4.69, 9.17) is 16.1 Å². The van der Waals surface area contributed by atoms with Crippen LogP contribution in [0.2, 0.25) is 0 Å². The summed E-state index contributed by atoms with van der Waals surface area (Å²) in [6, 6.07) is 13.9. The Morgan fingerprint density at radius 1 is 1.08 bits per heavy atom. The van der Waals surface area contributed by atoms with Crippen LogP contribution in [-0.2, 0) is 0 Å². The van der Waals surface area contributed by atoms with Gasteiger partial charge in [0.1, 0.15) is 5.82 Å². The molecule has 0 bridgehead atoms. The number of rotatable bonds is 5. The van der Waals surface area contributed by atoms with Crippen LogP contribution in [0.3, 0.4) is 0 Å². The molecule has 4 rings (SSSR count). The van der Waals surface area contributed by atoms with Crippen molar-refractivity contribution in [2.75, 3.05) is 11.1 Å². The maximum atomic E-state index is 7.69. The number of nitrogens with two attached hydrogens (primary N) is 1. The number of benzene rings is 1. The highest BCUT2D eigenvalue weighted by Gasteiger charge is 2.20. The molecule has 1 saturated carbocycles. The molecule has 5 nitrogen and oxygen atoms in total. The summed E-state index contributed by atoms with van der Waals surface area (Å²) < 4.78 is 0. The van der Waals surface area contributed by atoms with Crippen LogP contribution in [0.25, 0.3) is 11.1 Å². The molecule has 2 aromatic heterocycles. The Morgan fingerprint density at radius 2 is 1.96 bits per heavy atom. The number of aromatic nitrogens is 2. The van der Waals surface area contributed by atoms with Crippen molar-refractivity contribution >= 4 is 23.4 Å². The SMILES string of the molecule is N=Cc1ccc(-c2cncc(N)c2)cc1Nc1cccc(C2CCC2)n1. The molecule has 1 aliphatic carbocycles. The lowest BCUT2D eigenvalue weighted by Gasteiger charge is -2.25. The molecule has 5 heteroatoms. The third-order valence-corrected chi connectivity index (χ3v) is 4.86. The van der Waals surface area contributed by atoms with Gasteiger partial charge in [0.15, 0.2) is 0 Å². The molecule has 3 aromatic rings. The van der Waals surface area contributed by atoms with Crippen LogP contribution in [-0.4, -0.2) is 16.2 Å². The van der Waals surface area contributed by atoms with E-state index in [0.717, 1.165) is 33.9 Å². The molecule has 0 amide bonds. The monoisotopic (exact) mass is 343 g/mol. The predicted octanol–water partition coefficient (Wildman–Crippen LogP) is 4.73. The number of hydrogen-bond acceptors (Lipinski definition) is 5. The van der Waals surface area contributed by atoms with Gasteiger partial charge in [-0.1, -0.05) is 24.6 Å². The van der Waals surface area contributed by atoms with Crippen molar-refractivity contribution in [1.29, 1.82) is 5.41 Å². The second-order valence-electron chi connectivity index (χ2n) is 6.65. The first-order chi connectivity index (χ1) is 12.7. The number of anilines is 3. The third kappa shape index (κ3) is 3.28. The standard InChI is InChI=1S/C21H21N5/c22-11-16-8-7-15(17-9-18(23)13-24-12-17)10-20(16)26-21-6-2-5-19(25-21)14-3-1-4-14/h2,5-14,22H,1,3-4,23H2,(H,25,26). The van der Waals surface area contributed by atoms with Gasteiger partial charge in [0, 0.05) is 47.0 Å². The van der Waals surface area contributed by atoms with Gasteiger partial charge in [0.2, 0.25) is 0 Å². The minimum Gasteiger partial charge on any atom is -0.397 e. The molecule has 0 atom stereocenters. The van der Waals surface area contributed by atoms with Gasteiger partial charge in [0.05, 0.1) is 5.69 Å². The van der Waals surface area contributed by atoms with Gasteiger partial charge in [-0.25, -0.2) is 4.98 Å². The first kappa shape index (κ1) is 16.3. The molecule has 2 heterocycles. The summed E-state index contributed by atoms with van der Waals surface area (Å²) in [6.07, 6.45) is 8.50. The van der Waals surface area contributed by atoms with Crippen molar-refractivity contribution in [2.45, 2.75) is 25.2 Å². The molecule has 0 aliphatic heterocycles. The number of nitrogens with one attached hydrogen (secondary N) is 2. The van der Waals surface area contributed by atoms with E-state index < -0.39 is 0 Å². The van der Waals surface area contributed by atoms with Crippen LogP contribution < -0.4 is 11.1 Å². The smallest absolute Gasteiger partial charge is 0.130 e. The van der Waals surface area contributed by atoms with Gasteiger partial charge in [-0.3, -0.25) is 4.98 Å². The molecule has 130 valence electrons. The highest BCUT2D eigenvalue weighted by atomic mass is 15.0. The zero-order valence-electron chi connectivity index (χ0n) is 14.4. The molecule has 26 heavy (non-hydrogen) atoms. The first-order valence-electron chi connectivity index (χ1n) is 8.82. The Labute approximate surface area is 152 Å². The molecule has 4 N–H and O–H groups in total. The molecule has 0 unspecified atom stereocenters. The third-order valence-electron chi connectivity index (χ3n) is 4.86. The first-order valence-corrected chi connectivity index (χ1v) is 8.82. The quantitative estimate of drug-likeness (QED) is 0.584. The average molecular weight is 343 g/mol. The largest absolute Gasteiger partial charge is 0.397 e. The van der Waals surface area contributed by atoms with E-state index in [-0.39, 0.29) is 0 Å². The molecule has 0 radical (unpaired) electrons. The van der Waals surface area contributed by atoms with Crippen molar-refractivity contribution in [2.24, 2.45) is 0 Å². The predicted molar refractivity (Wildman–Crippen MR) is 106 cm³/mol. The minimum absolute atomic E-state index is 0.587. The number of nitrogen functional groups attached to an aromatic ring is 1. The van der Waals surface area contributed by atoms with Crippen LogP contribution in [0.5, 0.6) is 0 Å². The molecule has 0 spiro atoms. The lowest BCUT2D eigenvalue weighted by atomic mass is 9.83. The molecule has 1 aromatic carbocycles. The molecule has 0 saturated heterocycles. The number of nitrogens with zero attached hydrogens (tertiary/aromatic N) is 2. The number of hydrogen-bond donors (Lipinski definition) is 3. The highest BCUT2D eigenvalue weighted by molar-refractivity contribution is 5.89. The van der Waals surface area contributed by atoms with Gasteiger partial charge < -0.3 is 16.5 Å². The Kier molecular flexibility index (Phi) is 4.35. The molecule has 1 fully saturated rings. The minimum atomic E-state index is 0.587. The van der Waals surface area contributed by atoms with Gasteiger partial charge in [-0.15, -0.1) is 0 Å². The summed E-state index contributed by atoms with van der Waals surface area (Å²) in [6.45, 7) is 0. The van der Waals surface area contributed by atoms with Crippen LogP contribution in [0, 0.1) is 5.41 Å². The summed E-state index contributed by atoms with van der Waals surface area (Å²) in [7, 11) is 0. The van der Waals surface area contributed by atoms with E-state index in [0.29, 0.717) is 11.6 Å². The average Bonchev–Trinajstić information content (AvgIpc) is 2.60. The molecular formula is C21H21N5. The van der Waals surface area contributed by atoms with E-state index in [1.54, 1.807) is 12.4 Å². The summed E-state index contributed by atoms with van der Waals surface area (Å²) in [4.78, 5) is 8.92. The van der Waals surface area contributed by atoms with Crippen LogP contribution in [0.15, 0.2) is 54.9 Å². The van der Waals surface area contributed by atoms with Gasteiger partial charge in [0.25, 0.3) is 0 Å². The van der Waals surface area contributed by atoms with E-state index in [1.165, 1.54) is 25.5 Å². The Balaban J connectivity index is 1.66. The fourth-order valence-electron chi connectivity index (χ4n) is 3.18. The fraction of sp³-hybridized carbons (Fsp3) is 0.190. The second-order valence-corrected chi connectivity index (χ2v) is 6.65. The van der Waals surface area contributed by atoms with E-state index in [1.807, 2.05) is 36.4 Å². The molecular weight excluding hydrogens is 322 g/mol. The van der Waals surface area contributed by atoms with Gasteiger partial charge >= 0.3 is 0 Å². The van der Waals surface area contributed by atoms with Crippen LogP contribution in [0.1, 0.15) is 36.4 Å². The zero-order chi connectivity index (χ0) is 17.9. The van der Waals surface area contributed by atoms with E-state index >= 15 is 0 Å². The highest BCUT2D eigenvalue weighted by Crippen LogP contribution is 2.36. The van der Waals surface area contributed by atoms with Crippen LogP contribution in [0.4, 0.5) is 17.2 Å². The van der Waals surface area contributed by atoms with Gasteiger partial charge in [-0.05, 0) is 42.7 Å². The van der Waals surface area contributed by atoms with E-state index in [9.17, 15) is 0 Å². The normalized spacial score (nSPS) is 13.8. The zero-order valence-corrected chi connectivity index (χ0v) is 14.4. The van der Waals surface area contributed by atoms with Gasteiger partial charge in [-0.2, -0.15) is 0 Å². The second kappa shape index (κ2) is 6.96. The Hall–Kier alpha value is -3.21. The topological polar surface area (TPSA) is 87.7 Å². The van der Waals surface area contributed by atoms with Crippen molar-refractivity contribution in [3.05, 3.63) is 66.1 Å². The van der Waals surface area contributed by atoms with E-state index in [2.05, 4.69) is 16.4 Å². The summed E-state index contributed by atoms with van der Waals surface area (Å²) in [5, 5.41) is 11.1. The van der Waals surface area contributed by atoms with Crippen LogP contribution >= 0.6 is 0 Å². The van der Waals surface area contributed by atoms with Crippen molar-refractivity contribution in [3.63, 3.8) is 0 Å².